The third-order valence-electron chi connectivity index (χ3n) is 10.4. The second kappa shape index (κ2) is 10.9. The van der Waals surface area contributed by atoms with Crippen LogP contribution in [0.1, 0.15) is 76.9 Å². The molecule has 2 aromatic carbocycles. The van der Waals surface area contributed by atoms with E-state index in [4.69, 9.17) is 15.1 Å². The Morgan fingerprint density at radius 3 is 2.50 bits per heavy atom. The number of aliphatic hydroxyl groups is 1. The first-order valence-electron chi connectivity index (χ1n) is 16.7. The summed E-state index contributed by atoms with van der Waals surface area (Å²) in [7, 11) is 0. The van der Waals surface area contributed by atoms with Crippen LogP contribution < -0.4 is 15.5 Å². The van der Waals surface area contributed by atoms with Crippen LogP contribution in [0, 0.1) is 5.92 Å². The molecule has 2 aliphatic carbocycles. The van der Waals surface area contributed by atoms with E-state index < -0.39 is 29.7 Å². The first-order chi connectivity index (χ1) is 23.3. The van der Waals surface area contributed by atoms with Gasteiger partial charge in [-0.15, -0.1) is 0 Å². The first-order valence-corrected chi connectivity index (χ1v) is 16.7. The summed E-state index contributed by atoms with van der Waals surface area (Å²) in [6.07, 6.45) is 8.11. The number of imide groups is 2. The predicted octanol–water partition coefficient (Wildman–Crippen LogP) is 3.02. The van der Waals surface area contributed by atoms with Gasteiger partial charge in [0.15, 0.2) is 0 Å². The van der Waals surface area contributed by atoms with Crippen molar-refractivity contribution in [1.29, 1.82) is 0 Å². The number of nitrogens with zero attached hydrogens (tertiary/aromatic N) is 6. The molecule has 2 aromatic heterocycles. The van der Waals surface area contributed by atoms with Crippen molar-refractivity contribution in [2.24, 2.45) is 5.92 Å². The van der Waals surface area contributed by atoms with Crippen molar-refractivity contribution in [2.45, 2.75) is 62.6 Å². The molecule has 2 saturated carbocycles. The maximum Gasteiger partial charge on any atom is 0.262 e. The molecule has 0 spiro atoms. The van der Waals surface area contributed by atoms with Crippen LogP contribution in [-0.4, -0.2) is 85.2 Å². The number of piperidine rings is 1. The van der Waals surface area contributed by atoms with Gasteiger partial charge in [-0.25, -0.2) is 4.98 Å². The fourth-order valence-corrected chi connectivity index (χ4v) is 7.37. The van der Waals surface area contributed by atoms with E-state index >= 15 is 0 Å². The van der Waals surface area contributed by atoms with E-state index in [0.717, 1.165) is 69.9 Å². The Balaban J connectivity index is 0.851. The number of rotatable bonds is 8. The molecule has 9 rings (SSSR count). The Morgan fingerprint density at radius 1 is 0.917 bits per heavy atom. The summed E-state index contributed by atoms with van der Waals surface area (Å²) in [5.74, 6) is -1.15. The summed E-state index contributed by atoms with van der Waals surface area (Å²) in [4.78, 5) is 62.9. The Kier molecular flexibility index (Phi) is 6.61. The number of aromatic nitrogens is 4. The summed E-state index contributed by atoms with van der Waals surface area (Å²) in [5, 5.41) is 20.4. The second-order valence-corrected chi connectivity index (χ2v) is 13.7. The Morgan fingerprint density at radius 2 is 1.73 bits per heavy atom. The van der Waals surface area contributed by atoms with Gasteiger partial charge in [-0.3, -0.25) is 39.1 Å². The lowest BCUT2D eigenvalue weighted by Crippen LogP contribution is -2.54. The fraction of sp³-hybridized carbons (Fsp3) is 0.400. The molecule has 4 amide bonds. The third kappa shape index (κ3) is 4.91. The van der Waals surface area contributed by atoms with Crippen molar-refractivity contribution in [3.8, 4) is 11.3 Å². The van der Waals surface area contributed by atoms with Crippen molar-refractivity contribution in [2.75, 3.05) is 29.9 Å². The van der Waals surface area contributed by atoms with Crippen molar-refractivity contribution in [3.05, 3.63) is 65.6 Å². The van der Waals surface area contributed by atoms with E-state index in [9.17, 15) is 24.3 Å². The standard InChI is InChI=1S/C35H34N8O5/c44-23-15-41(16-23)21-4-6-27-28(12-21)37-14-29(38-27)26-17-42(40-32(26)19-1-2-19)22-9-18(10-22)13-36-20-3-5-24-25(11-20)35(48)43(34(24)47)30-7-8-31(45)39-33(30)46/h3-6,11-12,14,17-19,22-23,30,36,44H,1-2,7-10,13,15-16H2,(H,39,45,46). The predicted molar refractivity (Wildman–Crippen MR) is 174 cm³/mol. The molecule has 13 nitrogen and oxygen atoms in total. The highest BCUT2D eigenvalue weighted by Crippen LogP contribution is 2.46. The molecule has 1 unspecified atom stereocenters. The lowest BCUT2D eigenvalue weighted by atomic mass is 9.80. The van der Waals surface area contributed by atoms with Gasteiger partial charge in [0.2, 0.25) is 11.8 Å². The average Bonchev–Trinajstić information content (AvgIpc) is 3.76. The summed E-state index contributed by atoms with van der Waals surface area (Å²) < 4.78 is 2.10. The molecule has 4 fully saturated rings. The number of carbonyl (C=O) groups excluding carboxylic acids is 4. The zero-order valence-electron chi connectivity index (χ0n) is 26.1. The second-order valence-electron chi connectivity index (χ2n) is 13.7. The number of β-amino-alcohol motifs (C(OH)–C–C–N with tert-alkyl or cyclic N) is 1. The topological polar surface area (TPSA) is 163 Å². The van der Waals surface area contributed by atoms with Crippen LogP contribution in [0.2, 0.25) is 0 Å². The largest absolute Gasteiger partial charge is 0.389 e. The van der Waals surface area contributed by atoms with Crippen LogP contribution in [0.4, 0.5) is 11.4 Å². The van der Waals surface area contributed by atoms with Gasteiger partial charge < -0.3 is 15.3 Å². The Labute approximate surface area is 275 Å². The normalized spacial score (nSPS) is 24.1. The zero-order chi connectivity index (χ0) is 32.7. The number of carbonyl (C=O) groups is 4. The molecule has 3 aliphatic heterocycles. The summed E-state index contributed by atoms with van der Waals surface area (Å²) in [6, 6.07) is 10.5. The Hall–Kier alpha value is -5.17. The molecule has 2 saturated heterocycles. The summed E-state index contributed by atoms with van der Waals surface area (Å²) in [6.45, 7) is 2.00. The molecule has 244 valence electrons. The van der Waals surface area contributed by atoms with Gasteiger partial charge in [-0.1, -0.05) is 0 Å². The van der Waals surface area contributed by atoms with E-state index in [0.29, 0.717) is 31.5 Å². The quantitative estimate of drug-likeness (QED) is 0.243. The molecule has 4 aromatic rings. The molecule has 48 heavy (non-hydrogen) atoms. The van der Waals surface area contributed by atoms with E-state index in [1.54, 1.807) is 18.2 Å². The van der Waals surface area contributed by atoms with Gasteiger partial charge >= 0.3 is 0 Å². The number of hydrogen-bond acceptors (Lipinski definition) is 10. The number of amides is 4. The zero-order valence-corrected chi connectivity index (χ0v) is 26.1. The van der Waals surface area contributed by atoms with Gasteiger partial charge in [0, 0.05) is 55.1 Å². The van der Waals surface area contributed by atoms with Gasteiger partial charge in [0.25, 0.3) is 11.8 Å². The summed E-state index contributed by atoms with van der Waals surface area (Å²) in [5.41, 5.74) is 6.98. The minimum Gasteiger partial charge on any atom is -0.389 e. The van der Waals surface area contributed by atoms with Gasteiger partial charge in [-0.05, 0) is 74.4 Å². The maximum absolute atomic E-state index is 13.2. The minimum absolute atomic E-state index is 0.0889. The van der Waals surface area contributed by atoms with Crippen LogP contribution in [0.25, 0.3) is 22.3 Å². The number of fused-ring (bicyclic) bond motifs is 2. The highest BCUT2D eigenvalue weighted by Gasteiger charge is 2.45. The van der Waals surface area contributed by atoms with Crippen molar-refractivity contribution < 1.29 is 24.3 Å². The van der Waals surface area contributed by atoms with Crippen LogP contribution in [0.5, 0.6) is 0 Å². The van der Waals surface area contributed by atoms with Gasteiger partial charge in [0.05, 0.1) is 51.9 Å². The molecule has 0 bridgehead atoms. The van der Waals surface area contributed by atoms with Crippen molar-refractivity contribution in [1.82, 2.24) is 30.0 Å². The fourth-order valence-electron chi connectivity index (χ4n) is 7.37. The lowest BCUT2D eigenvalue weighted by molar-refractivity contribution is -0.136. The first kappa shape index (κ1) is 29.0. The highest BCUT2D eigenvalue weighted by molar-refractivity contribution is 6.23. The molecule has 1 atom stereocenters. The minimum atomic E-state index is -0.977. The monoisotopic (exact) mass is 646 g/mol. The summed E-state index contributed by atoms with van der Waals surface area (Å²) >= 11 is 0. The van der Waals surface area contributed by atoms with Crippen LogP contribution in [-0.2, 0) is 9.59 Å². The van der Waals surface area contributed by atoms with E-state index in [-0.39, 0.29) is 36.1 Å². The third-order valence-corrected chi connectivity index (χ3v) is 10.4. The van der Waals surface area contributed by atoms with Crippen LogP contribution in [0.15, 0.2) is 48.8 Å². The smallest absolute Gasteiger partial charge is 0.262 e. The Bertz CT molecular complexity index is 2030. The number of benzene rings is 2. The number of nitrogens with one attached hydrogen (secondary N) is 2. The van der Waals surface area contributed by atoms with Crippen molar-refractivity contribution >= 4 is 46.0 Å². The molecular formula is C35H34N8O5. The lowest BCUT2D eigenvalue weighted by Gasteiger charge is -2.37. The van der Waals surface area contributed by atoms with Crippen LogP contribution in [0.3, 0.4) is 0 Å². The van der Waals surface area contributed by atoms with Gasteiger partial charge in [-0.2, -0.15) is 5.10 Å². The molecule has 13 heteroatoms. The molecule has 0 radical (unpaired) electrons. The van der Waals surface area contributed by atoms with Crippen LogP contribution >= 0.6 is 0 Å². The maximum atomic E-state index is 13.2. The van der Waals surface area contributed by atoms with Gasteiger partial charge in [0.1, 0.15) is 6.04 Å². The van der Waals surface area contributed by atoms with E-state index in [1.165, 1.54) is 0 Å². The van der Waals surface area contributed by atoms with E-state index in [1.807, 2.05) is 24.4 Å². The number of hydrogen-bond donors (Lipinski definition) is 3. The van der Waals surface area contributed by atoms with E-state index in [2.05, 4.69) is 26.4 Å². The number of aliphatic hydroxyl groups excluding tert-OH is 1. The highest BCUT2D eigenvalue weighted by atomic mass is 16.3. The SMILES string of the molecule is O=C1CCC(N2C(=O)c3ccc(NCC4CC(n5cc(-c6cnc7cc(N8CC(O)C8)ccc7n6)c(C6CC6)n5)C4)cc3C2=O)C(=O)N1. The molecule has 3 N–H and O–H groups in total. The molecule has 5 heterocycles. The molecular weight excluding hydrogens is 612 g/mol. The van der Waals surface area contributed by atoms with Crippen molar-refractivity contribution in [3.63, 3.8) is 0 Å². The molecule has 5 aliphatic rings. The number of anilines is 2. The average molecular weight is 647 g/mol.